The second-order valence-corrected chi connectivity index (χ2v) is 2.36. The molecule has 3 nitrogen and oxygen atoms in total. The number of anilines is 1. The molecule has 3 N–H and O–H groups in total. The minimum absolute atomic E-state index is 0.303. The van der Waals surface area contributed by atoms with Crippen LogP contribution in [0.25, 0.3) is 0 Å². The van der Waals surface area contributed by atoms with Gasteiger partial charge in [-0.2, -0.15) is 4.39 Å². The number of pyridine rings is 1. The first kappa shape index (κ1) is 9.79. The topological polar surface area (TPSA) is 59.1 Å². The summed E-state index contributed by atoms with van der Waals surface area (Å²) in [6, 6.07) is 0. The molecule has 72 valence electrons. The molecule has 0 amide bonds. The molecule has 1 aromatic heterocycles. The molecule has 0 saturated heterocycles. The normalized spacial score (nSPS) is 10.8. The summed E-state index contributed by atoms with van der Waals surface area (Å²) in [5, 5.41) is 8.66. The van der Waals surface area contributed by atoms with Crippen molar-refractivity contribution in [3.05, 3.63) is 23.3 Å². The van der Waals surface area contributed by atoms with Crippen LogP contribution in [-0.4, -0.2) is 10.1 Å². The van der Waals surface area contributed by atoms with Crippen LogP contribution in [0.3, 0.4) is 0 Å². The van der Waals surface area contributed by atoms with Crippen LogP contribution >= 0.6 is 0 Å². The van der Waals surface area contributed by atoms with E-state index in [1.165, 1.54) is 0 Å². The van der Waals surface area contributed by atoms with E-state index in [0.717, 1.165) is 0 Å². The first-order valence-corrected chi connectivity index (χ1v) is 3.39. The van der Waals surface area contributed by atoms with Crippen LogP contribution in [0.2, 0.25) is 0 Å². The fraction of sp³-hybridized carbons (Fsp3) is 0.286. The Balaban J connectivity index is 3.30. The van der Waals surface area contributed by atoms with E-state index in [9.17, 15) is 13.2 Å². The summed E-state index contributed by atoms with van der Waals surface area (Å²) >= 11 is 0. The molecule has 1 aromatic rings. The van der Waals surface area contributed by atoms with Crippen LogP contribution in [0.4, 0.5) is 18.9 Å². The summed E-state index contributed by atoms with van der Waals surface area (Å²) in [5.74, 6) is -1.05. The lowest BCUT2D eigenvalue weighted by atomic mass is 10.1. The highest BCUT2D eigenvalue weighted by molar-refractivity contribution is 5.49. The molecule has 6 heteroatoms. The molecule has 0 fully saturated rings. The van der Waals surface area contributed by atoms with Crippen molar-refractivity contribution in [2.24, 2.45) is 0 Å². The number of halogens is 3. The number of aliphatic hydroxyl groups excluding tert-OH is 1. The summed E-state index contributed by atoms with van der Waals surface area (Å²) in [5.41, 5.74) is 3.73. The fourth-order valence-corrected chi connectivity index (χ4v) is 0.918. The number of hydrogen-bond donors (Lipinski definition) is 2. The van der Waals surface area contributed by atoms with Crippen molar-refractivity contribution < 1.29 is 18.3 Å². The number of alkyl halides is 2. The maximum Gasteiger partial charge on any atom is 0.265 e. The van der Waals surface area contributed by atoms with E-state index in [0.29, 0.717) is 6.20 Å². The Hall–Kier alpha value is -1.30. The molecule has 1 rings (SSSR count). The number of rotatable bonds is 2. The summed E-state index contributed by atoms with van der Waals surface area (Å²) in [6.45, 7) is -0.731. The van der Waals surface area contributed by atoms with Gasteiger partial charge in [-0.05, 0) is 0 Å². The molecule has 0 aliphatic heterocycles. The molecule has 0 aliphatic rings. The van der Waals surface area contributed by atoms with Crippen LogP contribution in [0, 0.1) is 5.95 Å². The van der Waals surface area contributed by atoms with E-state index in [2.05, 4.69) is 4.98 Å². The lowest BCUT2D eigenvalue weighted by Crippen LogP contribution is -2.05. The smallest absolute Gasteiger partial charge is 0.265 e. The summed E-state index contributed by atoms with van der Waals surface area (Å²) in [7, 11) is 0. The number of aliphatic hydroxyl groups is 1. The molecule has 0 atom stereocenters. The van der Waals surface area contributed by atoms with Crippen molar-refractivity contribution in [3.63, 3.8) is 0 Å². The SMILES string of the molecule is Nc1c(F)ncc(C(F)F)c1CO. The van der Waals surface area contributed by atoms with E-state index in [1.807, 2.05) is 0 Å². The predicted octanol–water partition coefficient (Wildman–Crippen LogP) is 1.23. The lowest BCUT2D eigenvalue weighted by Gasteiger charge is -2.08. The van der Waals surface area contributed by atoms with Crippen LogP contribution in [0.5, 0.6) is 0 Å². The van der Waals surface area contributed by atoms with E-state index in [-0.39, 0.29) is 5.56 Å². The highest BCUT2D eigenvalue weighted by Gasteiger charge is 2.17. The second kappa shape index (κ2) is 3.61. The van der Waals surface area contributed by atoms with Gasteiger partial charge in [-0.25, -0.2) is 13.8 Å². The third kappa shape index (κ3) is 1.72. The average molecular weight is 192 g/mol. The van der Waals surface area contributed by atoms with Gasteiger partial charge in [0.2, 0.25) is 5.95 Å². The van der Waals surface area contributed by atoms with Gasteiger partial charge in [-0.15, -0.1) is 0 Å². The minimum atomic E-state index is -2.82. The van der Waals surface area contributed by atoms with E-state index < -0.39 is 30.2 Å². The summed E-state index contributed by atoms with van der Waals surface area (Å²) in [6.07, 6.45) is -2.15. The lowest BCUT2D eigenvalue weighted by molar-refractivity contribution is 0.146. The van der Waals surface area contributed by atoms with Crippen molar-refractivity contribution in [1.29, 1.82) is 0 Å². The number of hydrogen-bond acceptors (Lipinski definition) is 3. The van der Waals surface area contributed by atoms with Crippen molar-refractivity contribution in [1.82, 2.24) is 4.98 Å². The summed E-state index contributed by atoms with van der Waals surface area (Å²) < 4.78 is 37.0. The Bertz CT molecular complexity index is 317. The van der Waals surface area contributed by atoms with Crippen molar-refractivity contribution in [2.75, 3.05) is 5.73 Å². The van der Waals surface area contributed by atoms with Gasteiger partial charge < -0.3 is 10.8 Å². The highest BCUT2D eigenvalue weighted by atomic mass is 19.3. The Morgan fingerprint density at radius 2 is 2.15 bits per heavy atom. The van der Waals surface area contributed by atoms with Crippen molar-refractivity contribution in [2.45, 2.75) is 13.0 Å². The number of nitrogens with zero attached hydrogens (tertiary/aromatic N) is 1. The van der Waals surface area contributed by atoms with Gasteiger partial charge in [-0.3, -0.25) is 0 Å². The van der Waals surface area contributed by atoms with E-state index >= 15 is 0 Å². The first-order valence-electron chi connectivity index (χ1n) is 3.39. The maximum absolute atomic E-state index is 12.6. The average Bonchev–Trinajstić information content (AvgIpc) is 2.09. The quantitative estimate of drug-likeness (QED) is 0.693. The van der Waals surface area contributed by atoms with Gasteiger partial charge in [-0.1, -0.05) is 0 Å². The molecule has 0 bridgehead atoms. The zero-order valence-electron chi connectivity index (χ0n) is 6.47. The molecule has 0 unspecified atom stereocenters. The van der Waals surface area contributed by atoms with Crippen molar-refractivity contribution >= 4 is 5.69 Å². The molecule has 0 radical (unpaired) electrons. The molecule has 0 aliphatic carbocycles. The molecule has 0 spiro atoms. The Kier molecular flexibility index (Phi) is 2.72. The molecular weight excluding hydrogens is 185 g/mol. The van der Waals surface area contributed by atoms with Gasteiger partial charge in [0.25, 0.3) is 6.43 Å². The van der Waals surface area contributed by atoms with Crippen LogP contribution in [0.1, 0.15) is 17.6 Å². The molecular formula is C7H7F3N2O. The Morgan fingerprint density at radius 3 is 2.62 bits per heavy atom. The molecule has 0 saturated carbocycles. The molecule has 13 heavy (non-hydrogen) atoms. The third-order valence-corrected chi connectivity index (χ3v) is 1.61. The Labute approximate surface area is 72.0 Å². The van der Waals surface area contributed by atoms with E-state index in [1.54, 1.807) is 0 Å². The third-order valence-electron chi connectivity index (χ3n) is 1.61. The van der Waals surface area contributed by atoms with Gasteiger partial charge in [0.1, 0.15) is 0 Å². The van der Waals surface area contributed by atoms with Crippen LogP contribution in [0.15, 0.2) is 6.20 Å². The monoisotopic (exact) mass is 192 g/mol. The fourth-order valence-electron chi connectivity index (χ4n) is 0.918. The minimum Gasteiger partial charge on any atom is -0.395 e. The van der Waals surface area contributed by atoms with Crippen molar-refractivity contribution in [3.8, 4) is 0 Å². The van der Waals surface area contributed by atoms with Gasteiger partial charge in [0.15, 0.2) is 0 Å². The predicted molar refractivity (Wildman–Crippen MR) is 39.5 cm³/mol. The summed E-state index contributed by atoms with van der Waals surface area (Å²) in [4.78, 5) is 3.03. The highest BCUT2D eigenvalue weighted by Crippen LogP contribution is 2.27. The zero-order chi connectivity index (χ0) is 10.0. The molecule has 1 heterocycles. The van der Waals surface area contributed by atoms with E-state index in [4.69, 9.17) is 10.8 Å². The maximum atomic E-state index is 12.6. The van der Waals surface area contributed by atoms with Gasteiger partial charge in [0, 0.05) is 17.3 Å². The largest absolute Gasteiger partial charge is 0.395 e. The second-order valence-electron chi connectivity index (χ2n) is 2.36. The first-order chi connectivity index (χ1) is 6.07. The van der Waals surface area contributed by atoms with Gasteiger partial charge >= 0.3 is 0 Å². The zero-order valence-corrected chi connectivity index (χ0v) is 6.47. The Morgan fingerprint density at radius 1 is 1.54 bits per heavy atom. The number of aromatic nitrogens is 1. The van der Waals surface area contributed by atoms with Gasteiger partial charge in [0.05, 0.1) is 12.3 Å². The van der Waals surface area contributed by atoms with Crippen LogP contribution in [-0.2, 0) is 6.61 Å². The number of nitrogen functional groups attached to an aromatic ring is 1. The van der Waals surface area contributed by atoms with Crippen LogP contribution < -0.4 is 5.73 Å². The standard InChI is InChI=1S/C7H7F3N2O/c8-6(9)3-1-12-7(10)5(11)4(3)2-13/h1,6,13H,2,11H2. The number of nitrogens with two attached hydrogens (primary N) is 1. The molecule has 0 aromatic carbocycles.